The monoisotopic (exact) mass is 256 g/mol. The molecule has 0 bridgehead atoms. The first-order valence-electron chi connectivity index (χ1n) is 4.08. The maximum Gasteiger partial charge on any atom is 0.428 e. The van der Waals surface area contributed by atoms with Gasteiger partial charge in [0.05, 0.1) is 6.61 Å². The minimum Gasteiger partial charge on any atom is -0.393 e. The van der Waals surface area contributed by atoms with Gasteiger partial charge < -0.3 is 14.6 Å². The Bertz CT molecular complexity index is 197. The summed E-state index contributed by atoms with van der Waals surface area (Å²) in [6, 6.07) is 0. The molecule has 0 aromatic rings. The molecule has 9 heteroatoms. The smallest absolute Gasteiger partial charge is 0.393 e. The summed E-state index contributed by atoms with van der Waals surface area (Å²) < 4.78 is 81.3. The van der Waals surface area contributed by atoms with E-state index < -0.39 is 31.4 Å². The quantitative estimate of drug-likeness (QED) is 0.463. The SMILES string of the molecule is CCOCOC(CO)(C(F)(F)F)C(F)(F)F. The molecule has 0 aromatic heterocycles. The third-order valence-electron chi connectivity index (χ3n) is 1.73. The molecule has 16 heavy (non-hydrogen) atoms. The van der Waals surface area contributed by atoms with Gasteiger partial charge in [0.25, 0.3) is 5.60 Å². The second-order valence-corrected chi connectivity index (χ2v) is 2.74. The summed E-state index contributed by atoms with van der Waals surface area (Å²) in [5.41, 5.74) is -4.60. The van der Waals surface area contributed by atoms with Gasteiger partial charge in [-0.05, 0) is 6.92 Å². The van der Waals surface area contributed by atoms with E-state index in [0.717, 1.165) is 0 Å². The first kappa shape index (κ1) is 15.5. The van der Waals surface area contributed by atoms with Gasteiger partial charge in [0.1, 0.15) is 6.79 Å². The molecule has 1 N–H and O–H groups in total. The number of aliphatic hydroxyl groups is 1. The summed E-state index contributed by atoms with van der Waals surface area (Å²) in [5.74, 6) is 0. The zero-order chi connectivity index (χ0) is 13.0. The van der Waals surface area contributed by atoms with Gasteiger partial charge in [-0.25, -0.2) is 0 Å². The molecule has 0 aliphatic carbocycles. The molecule has 0 radical (unpaired) electrons. The molecule has 0 aliphatic rings. The predicted octanol–water partition coefficient (Wildman–Crippen LogP) is 1.85. The van der Waals surface area contributed by atoms with Gasteiger partial charge in [0.2, 0.25) is 0 Å². The van der Waals surface area contributed by atoms with E-state index in [2.05, 4.69) is 9.47 Å². The molecule has 0 rings (SSSR count). The molecule has 0 spiro atoms. The summed E-state index contributed by atoms with van der Waals surface area (Å²) >= 11 is 0. The summed E-state index contributed by atoms with van der Waals surface area (Å²) in [7, 11) is 0. The van der Waals surface area contributed by atoms with Gasteiger partial charge in [-0.15, -0.1) is 0 Å². The van der Waals surface area contributed by atoms with Crippen molar-refractivity contribution in [2.45, 2.75) is 24.9 Å². The summed E-state index contributed by atoms with van der Waals surface area (Å²) in [4.78, 5) is 0. The second kappa shape index (κ2) is 5.19. The Labute approximate surface area is 86.9 Å². The number of hydrogen-bond donors (Lipinski definition) is 1. The van der Waals surface area contributed by atoms with Gasteiger partial charge in [-0.3, -0.25) is 0 Å². The molecule has 0 saturated heterocycles. The van der Waals surface area contributed by atoms with Crippen LogP contribution in [0, 0.1) is 0 Å². The number of ether oxygens (including phenoxy) is 2. The zero-order valence-electron chi connectivity index (χ0n) is 8.15. The van der Waals surface area contributed by atoms with Crippen molar-refractivity contribution in [1.29, 1.82) is 0 Å². The van der Waals surface area contributed by atoms with Gasteiger partial charge in [-0.1, -0.05) is 0 Å². The lowest BCUT2D eigenvalue weighted by molar-refractivity contribution is -0.399. The molecule has 0 atom stereocenters. The van der Waals surface area contributed by atoms with Crippen LogP contribution < -0.4 is 0 Å². The number of aliphatic hydroxyl groups excluding tert-OH is 1. The van der Waals surface area contributed by atoms with Crippen LogP contribution in [0.1, 0.15) is 6.92 Å². The summed E-state index contributed by atoms with van der Waals surface area (Å²) in [6.45, 7) is -2.22. The van der Waals surface area contributed by atoms with E-state index in [4.69, 9.17) is 5.11 Å². The van der Waals surface area contributed by atoms with Crippen molar-refractivity contribution in [2.24, 2.45) is 0 Å². The topological polar surface area (TPSA) is 38.7 Å². The van der Waals surface area contributed by atoms with Crippen LogP contribution in [0.4, 0.5) is 26.3 Å². The largest absolute Gasteiger partial charge is 0.428 e. The molecule has 0 unspecified atom stereocenters. The van der Waals surface area contributed by atoms with E-state index in [0.29, 0.717) is 0 Å². The van der Waals surface area contributed by atoms with Crippen molar-refractivity contribution in [3.8, 4) is 0 Å². The average Bonchev–Trinajstić information content (AvgIpc) is 2.08. The third kappa shape index (κ3) is 2.98. The van der Waals surface area contributed by atoms with E-state index in [9.17, 15) is 26.3 Å². The van der Waals surface area contributed by atoms with Crippen LogP contribution in [0.2, 0.25) is 0 Å². The van der Waals surface area contributed by atoms with Crippen molar-refractivity contribution in [2.75, 3.05) is 20.0 Å². The van der Waals surface area contributed by atoms with Gasteiger partial charge >= 0.3 is 12.4 Å². The van der Waals surface area contributed by atoms with Gasteiger partial charge in [0, 0.05) is 6.61 Å². The Balaban J connectivity index is 5.00. The van der Waals surface area contributed by atoms with Crippen LogP contribution in [0.15, 0.2) is 0 Å². The highest BCUT2D eigenvalue weighted by molar-refractivity contribution is 4.95. The van der Waals surface area contributed by atoms with Crippen LogP contribution in [0.5, 0.6) is 0 Å². The Hall–Kier alpha value is -0.540. The van der Waals surface area contributed by atoms with Crippen LogP contribution in [-0.4, -0.2) is 43.1 Å². The zero-order valence-corrected chi connectivity index (χ0v) is 8.15. The molecule has 0 heterocycles. The minimum absolute atomic E-state index is 0.114. The number of rotatable bonds is 5. The molecule has 0 amide bonds. The Morgan fingerprint density at radius 3 is 1.69 bits per heavy atom. The van der Waals surface area contributed by atoms with Crippen LogP contribution in [0.3, 0.4) is 0 Å². The molecular weight excluding hydrogens is 246 g/mol. The standard InChI is InChI=1S/C7H10F6O3/c1-2-15-4-16-5(3-14,6(8,9)10)7(11,12)13/h14H,2-4H2,1H3. The predicted molar refractivity (Wildman–Crippen MR) is 39.5 cm³/mol. The van der Waals surface area contributed by atoms with Crippen molar-refractivity contribution in [3.05, 3.63) is 0 Å². The molecule has 0 fully saturated rings. The Morgan fingerprint density at radius 2 is 1.44 bits per heavy atom. The number of halogens is 6. The molecule has 0 aliphatic heterocycles. The van der Waals surface area contributed by atoms with Crippen molar-refractivity contribution >= 4 is 0 Å². The summed E-state index contributed by atoms with van der Waals surface area (Å²) in [5, 5.41) is 8.33. The second-order valence-electron chi connectivity index (χ2n) is 2.74. The maximum atomic E-state index is 12.2. The lowest BCUT2D eigenvalue weighted by atomic mass is 10.0. The average molecular weight is 256 g/mol. The van der Waals surface area contributed by atoms with Crippen LogP contribution >= 0.6 is 0 Å². The van der Waals surface area contributed by atoms with Crippen molar-refractivity contribution in [1.82, 2.24) is 0 Å². The van der Waals surface area contributed by atoms with E-state index in [1.54, 1.807) is 0 Å². The van der Waals surface area contributed by atoms with Crippen LogP contribution in [0.25, 0.3) is 0 Å². The highest BCUT2D eigenvalue weighted by Gasteiger charge is 2.72. The van der Waals surface area contributed by atoms with E-state index in [-0.39, 0.29) is 6.61 Å². The highest BCUT2D eigenvalue weighted by atomic mass is 19.4. The number of hydrogen-bond acceptors (Lipinski definition) is 3. The first-order valence-corrected chi connectivity index (χ1v) is 4.08. The van der Waals surface area contributed by atoms with E-state index in [1.807, 2.05) is 0 Å². The fourth-order valence-electron chi connectivity index (χ4n) is 0.775. The lowest BCUT2D eigenvalue weighted by Crippen LogP contribution is -2.61. The molecule has 3 nitrogen and oxygen atoms in total. The summed E-state index contributed by atoms with van der Waals surface area (Å²) in [6.07, 6.45) is -11.6. The third-order valence-corrected chi connectivity index (χ3v) is 1.73. The first-order chi connectivity index (χ1) is 7.12. The lowest BCUT2D eigenvalue weighted by Gasteiger charge is -2.34. The van der Waals surface area contributed by atoms with E-state index >= 15 is 0 Å². The molecular formula is C7H10F6O3. The van der Waals surface area contributed by atoms with Crippen molar-refractivity contribution < 1.29 is 40.9 Å². The fraction of sp³-hybridized carbons (Fsp3) is 1.00. The van der Waals surface area contributed by atoms with E-state index in [1.165, 1.54) is 6.92 Å². The minimum atomic E-state index is -5.78. The molecule has 0 aromatic carbocycles. The normalized spacial score (nSPS) is 14.2. The molecule has 0 saturated carbocycles. The van der Waals surface area contributed by atoms with Gasteiger partial charge in [0.15, 0.2) is 0 Å². The Morgan fingerprint density at radius 1 is 1.00 bits per heavy atom. The van der Waals surface area contributed by atoms with Gasteiger partial charge in [-0.2, -0.15) is 26.3 Å². The van der Waals surface area contributed by atoms with Crippen molar-refractivity contribution in [3.63, 3.8) is 0 Å². The highest BCUT2D eigenvalue weighted by Crippen LogP contribution is 2.45. The fourth-order valence-corrected chi connectivity index (χ4v) is 0.775. The van der Waals surface area contributed by atoms with Crippen LogP contribution in [-0.2, 0) is 9.47 Å². The molecule has 98 valence electrons. The Kier molecular flexibility index (Phi) is 5.02. The maximum absolute atomic E-state index is 12.2. The number of alkyl halides is 6.